The molecule has 8 atom stereocenters. The van der Waals surface area contributed by atoms with Gasteiger partial charge >= 0.3 is 0 Å². The van der Waals surface area contributed by atoms with E-state index in [4.69, 9.17) is 4.74 Å². The van der Waals surface area contributed by atoms with E-state index in [1.54, 1.807) is 0 Å². The third kappa shape index (κ3) is 4.49. The predicted octanol–water partition coefficient (Wildman–Crippen LogP) is 5.17. The first-order chi connectivity index (χ1) is 19.2. The second kappa shape index (κ2) is 10.6. The summed E-state index contributed by atoms with van der Waals surface area (Å²) >= 11 is 0. The van der Waals surface area contributed by atoms with Gasteiger partial charge in [-0.15, -0.1) is 0 Å². The van der Waals surface area contributed by atoms with Gasteiger partial charge in [-0.1, -0.05) is 84.1 Å². The van der Waals surface area contributed by atoms with Gasteiger partial charge < -0.3 is 20.3 Å². The summed E-state index contributed by atoms with van der Waals surface area (Å²) in [7, 11) is 0. The maximum absolute atomic E-state index is 14.3. The van der Waals surface area contributed by atoms with Crippen LogP contribution in [-0.4, -0.2) is 52.5 Å². The van der Waals surface area contributed by atoms with Crippen molar-refractivity contribution >= 4 is 23.4 Å². The molecule has 3 heterocycles. The zero-order valence-electron chi connectivity index (χ0n) is 24.4. The quantitative estimate of drug-likeness (QED) is 0.481. The minimum Gasteiger partial charge on any atom is -0.359 e. The molecule has 2 N–H and O–H groups in total. The van der Waals surface area contributed by atoms with Crippen molar-refractivity contribution in [2.75, 3.05) is 5.32 Å². The lowest BCUT2D eigenvalue weighted by molar-refractivity contribution is -0.145. The smallest absolute Gasteiger partial charge is 0.246 e. The Bertz CT molecular complexity index is 1170. The second-order valence-corrected chi connectivity index (χ2v) is 13.4. The molecule has 1 aromatic rings. The average Bonchev–Trinajstić information content (AvgIpc) is 3.59. The van der Waals surface area contributed by atoms with Gasteiger partial charge in [0.15, 0.2) is 0 Å². The van der Waals surface area contributed by atoms with E-state index in [0.717, 1.165) is 44.9 Å². The maximum Gasteiger partial charge on any atom is 0.246 e. The van der Waals surface area contributed by atoms with Crippen LogP contribution in [0.1, 0.15) is 90.5 Å². The van der Waals surface area contributed by atoms with Crippen molar-refractivity contribution in [3.63, 3.8) is 0 Å². The molecule has 2 aliphatic carbocycles. The molecule has 6 rings (SSSR count). The van der Waals surface area contributed by atoms with E-state index in [2.05, 4.69) is 38.3 Å². The molecule has 3 amide bonds. The van der Waals surface area contributed by atoms with Crippen molar-refractivity contribution in [1.29, 1.82) is 0 Å². The number of hydrogen-bond acceptors (Lipinski definition) is 4. The molecular formula is C33H45N3O4. The SMILES string of the molecule is CC(C)c1ccc(NC(=O)[C@H]2[C@H]3C=C[C@@]4(O3)[C@H]2C(=O)N(C2CCCCC2)[C@@H]4C(=O)N[C@@H]2CCC[C@@H](C)[C@@H]2C)cc1. The molecule has 1 aromatic carbocycles. The average molecular weight is 548 g/mol. The Morgan fingerprint density at radius 1 is 0.975 bits per heavy atom. The van der Waals surface area contributed by atoms with Crippen LogP contribution >= 0.6 is 0 Å². The van der Waals surface area contributed by atoms with Gasteiger partial charge in [-0.2, -0.15) is 0 Å². The largest absolute Gasteiger partial charge is 0.359 e. The van der Waals surface area contributed by atoms with Gasteiger partial charge in [-0.25, -0.2) is 0 Å². The molecule has 0 aromatic heterocycles. The Morgan fingerprint density at radius 3 is 2.40 bits per heavy atom. The summed E-state index contributed by atoms with van der Waals surface area (Å²) in [4.78, 5) is 44.2. The van der Waals surface area contributed by atoms with E-state index in [-0.39, 0.29) is 29.8 Å². The zero-order chi connectivity index (χ0) is 28.2. The van der Waals surface area contributed by atoms with E-state index in [9.17, 15) is 14.4 Å². The highest BCUT2D eigenvalue weighted by Crippen LogP contribution is 2.56. The standard InChI is InChI=1S/C33H45N3O4/c1-19(2)22-13-15-23(16-14-22)34-30(37)27-26-17-18-33(40-26)28(27)32(39)36(24-10-6-5-7-11-24)29(33)31(38)35-25-12-8-9-20(3)21(25)4/h13-21,24-29H,5-12H2,1-4H3,(H,34,37)(H,35,38)/t20-,21+,25-,26-,27+,28-,29-,33-/m1/s1. The Hall–Kier alpha value is -2.67. The van der Waals surface area contributed by atoms with Gasteiger partial charge in [-0.05, 0) is 54.7 Å². The predicted molar refractivity (Wildman–Crippen MR) is 155 cm³/mol. The maximum atomic E-state index is 14.3. The fourth-order valence-electron chi connectivity index (χ4n) is 8.18. The topological polar surface area (TPSA) is 87.7 Å². The van der Waals surface area contributed by atoms with Gasteiger partial charge in [-0.3, -0.25) is 14.4 Å². The molecule has 1 spiro atoms. The number of nitrogens with zero attached hydrogens (tertiary/aromatic N) is 1. The fourth-order valence-corrected chi connectivity index (χ4v) is 8.18. The summed E-state index contributed by atoms with van der Waals surface area (Å²) < 4.78 is 6.57. The van der Waals surface area contributed by atoms with Crippen LogP contribution in [0, 0.1) is 23.7 Å². The third-order valence-corrected chi connectivity index (χ3v) is 10.7. The molecule has 0 radical (unpaired) electrons. The number of hydrogen-bond donors (Lipinski definition) is 2. The molecule has 2 saturated heterocycles. The number of rotatable bonds is 6. The van der Waals surface area contributed by atoms with Crippen molar-refractivity contribution in [1.82, 2.24) is 10.2 Å². The van der Waals surface area contributed by atoms with Crippen LogP contribution in [0.15, 0.2) is 36.4 Å². The monoisotopic (exact) mass is 547 g/mol. The number of fused-ring (bicyclic) bond motifs is 1. The Morgan fingerprint density at radius 2 is 1.70 bits per heavy atom. The lowest BCUT2D eigenvalue weighted by Gasteiger charge is -2.40. The van der Waals surface area contributed by atoms with Crippen LogP contribution in [0.3, 0.4) is 0 Å². The van der Waals surface area contributed by atoms with Gasteiger partial charge in [0.2, 0.25) is 17.7 Å². The first kappa shape index (κ1) is 27.5. The number of carbonyl (C=O) groups is 3. The molecule has 2 saturated carbocycles. The molecular weight excluding hydrogens is 502 g/mol. The van der Waals surface area contributed by atoms with E-state index < -0.39 is 29.6 Å². The summed E-state index contributed by atoms with van der Waals surface area (Å²) in [6.45, 7) is 8.75. The number of nitrogens with one attached hydrogen (secondary N) is 2. The summed E-state index contributed by atoms with van der Waals surface area (Å²) in [6.07, 6.45) is 11.6. The normalized spacial score (nSPS) is 37.2. The summed E-state index contributed by atoms with van der Waals surface area (Å²) in [5, 5.41) is 6.43. The lowest BCUT2D eigenvalue weighted by Crippen LogP contribution is -2.59. The van der Waals surface area contributed by atoms with Gasteiger partial charge in [0.05, 0.1) is 17.9 Å². The molecule has 2 bridgehead atoms. The number of carbonyl (C=O) groups excluding carboxylic acids is 3. The minimum atomic E-state index is -1.10. The van der Waals surface area contributed by atoms with Crippen LogP contribution in [0.4, 0.5) is 5.69 Å². The molecule has 3 aliphatic heterocycles. The Labute approximate surface area is 238 Å². The van der Waals surface area contributed by atoms with Crippen LogP contribution in [0.2, 0.25) is 0 Å². The number of likely N-dealkylation sites (tertiary alicyclic amines) is 1. The molecule has 216 valence electrons. The molecule has 4 fully saturated rings. The number of anilines is 1. The Balaban J connectivity index is 1.29. The van der Waals surface area contributed by atoms with Crippen molar-refractivity contribution in [3.8, 4) is 0 Å². The van der Waals surface area contributed by atoms with Gasteiger partial charge in [0.1, 0.15) is 11.6 Å². The molecule has 5 aliphatic rings. The number of benzene rings is 1. The molecule has 40 heavy (non-hydrogen) atoms. The highest BCUT2D eigenvalue weighted by atomic mass is 16.5. The molecule has 7 nitrogen and oxygen atoms in total. The summed E-state index contributed by atoms with van der Waals surface area (Å²) in [6, 6.07) is 7.23. The van der Waals surface area contributed by atoms with Crippen molar-refractivity contribution in [2.24, 2.45) is 23.7 Å². The van der Waals surface area contributed by atoms with E-state index in [1.807, 2.05) is 41.3 Å². The molecule has 7 heteroatoms. The minimum absolute atomic E-state index is 0.00279. The second-order valence-electron chi connectivity index (χ2n) is 13.4. The van der Waals surface area contributed by atoms with Crippen molar-refractivity contribution in [2.45, 2.75) is 115 Å². The van der Waals surface area contributed by atoms with E-state index in [0.29, 0.717) is 23.4 Å². The highest BCUT2D eigenvalue weighted by molar-refractivity contribution is 6.03. The van der Waals surface area contributed by atoms with E-state index in [1.165, 1.54) is 12.0 Å². The van der Waals surface area contributed by atoms with Gasteiger partial charge in [0, 0.05) is 17.8 Å². The summed E-state index contributed by atoms with van der Waals surface area (Å²) in [5.74, 6) is -0.474. The number of ether oxygens (including phenoxy) is 1. The Kier molecular flexibility index (Phi) is 7.30. The highest BCUT2D eigenvalue weighted by Gasteiger charge is 2.73. The van der Waals surface area contributed by atoms with Gasteiger partial charge in [0.25, 0.3) is 0 Å². The first-order valence-electron chi connectivity index (χ1n) is 15.6. The van der Waals surface area contributed by atoms with Crippen molar-refractivity contribution < 1.29 is 19.1 Å². The zero-order valence-corrected chi connectivity index (χ0v) is 24.4. The third-order valence-electron chi connectivity index (χ3n) is 10.7. The van der Waals surface area contributed by atoms with Crippen molar-refractivity contribution in [3.05, 3.63) is 42.0 Å². The van der Waals surface area contributed by atoms with Crippen LogP contribution in [-0.2, 0) is 19.1 Å². The fraction of sp³-hybridized carbons (Fsp3) is 0.667. The van der Waals surface area contributed by atoms with Crippen LogP contribution < -0.4 is 10.6 Å². The van der Waals surface area contributed by atoms with Crippen LogP contribution in [0.5, 0.6) is 0 Å². The lowest BCUT2D eigenvalue weighted by atomic mass is 9.73. The van der Waals surface area contributed by atoms with Crippen LogP contribution in [0.25, 0.3) is 0 Å². The van der Waals surface area contributed by atoms with E-state index >= 15 is 0 Å². The number of amides is 3. The molecule has 0 unspecified atom stereocenters. The summed E-state index contributed by atoms with van der Waals surface area (Å²) in [5.41, 5.74) is 0.809. The first-order valence-corrected chi connectivity index (χ1v) is 15.6.